The summed E-state index contributed by atoms with van der Waals surface area (Å²) in [4.78, 5) is 23.1. The lowest BCUT2D eigenvalue weighted by molar-refractivity contribution is 0.0691. The van der Waals surface area contributed by atoms with E-state index in [0.717, 1.165) is 15.9 Å². The van der Waals surface area contributed by atoms with Gasteiger partial charge in [0.1, 0.15) is 29.1 Å². The largest absolute Gasteiger partial charge is 0.491 e. The number of aryl methyl sites for hydroxylation is 1. The van der Waals surface area contributed by atoms with E-state index in [4.69, 9.17) is 20.8 Å². The average molecular weight is 526 g/mol. The molecule has 2 heterocycles. The van der Waals surface area contributed by atoms with E-state index in [0.29, 0.717) is 5.56 Å². The van der Waals surface area contributed by atoms with Crippen LogP contribution in [-0.4, -0.2) is 47.1 Å². The number of carboxylic acids is 1. The van der Waals surface area contributed by atoms with Crippen molar-refractivity contribution in [2.45, 2.75) is 37.6 Å². The van der Waals surface area contributed by atoms with E-state index in [1.165, 1.54) is 12.1 Å². The molecule has 2 aromatic carbocycles. The topological polar surface area (TPSA) is 143 Å². The van der Waals surface area contributed by atoms with Gasteiger partial charge in [0, 0.05) is 23.6 Å². The maximum absolute atomic E-state index is 15.0. The van der Waals surface area contributed by atoms with Crippen LogP contribution in [0.2, 0.25) is 5.02 Å². The van der Waals surface area contributed by atoms with E-state index < -0.39 is 50.0 Å². The van der Waals surface area contributed by atoms with Crippen molar-refractivity contribution in [2.24, 2.45) is 0 Å². The van der Waals surface area contributed by atoms with Crippen molar-refractivity contribution in [3.63, 3.8) is 0 Å². The number of nitrogens with one attached hydrogen (secondary N) is 1. The fraction of sp³-hybridized carbons (Fsp3) is 0.318. The van der Waals surface area contributed by atoms with Gasteiger partial charge in [0.2, 0.25) is 15.9 Å². The number of ether oxygens (including phenoxy) is 1. The van der Waals surface area contributed by atoms with Crippen molar-refractivity contribution in [3.05, 3.63) is 73.8 Å². The predicted molar refractivity (Wildman–Crippen MR) is 122 cm³/mol. The summed E-state index contributed by atoms with van der Waals surface area (Å²) in [7, 11) is -4.61. The van der Waals surface area contributed by atoms with Crippen LogP contribution < -0.4 is 10.5 Å². The molecule has 1 aliphatic rings. The molecule has 0 saturated heterocycles. The van der Waals surface area contributed by atoms with Crippen LogP contribution in [0.1, 0.15) is 51.8 Å². The molecule has 1 aromatic heterocycles. The van der Waals surface area contributed by atoms with Crippen LogP contribution in [0.25, 0.3) is 0 Å². The first-order valence-corrected chi connectivity index (χ1v) is 12.3. The Labute approximate surface area is 204 Å². The molecule has 186 valence electrons. The van der Waals surface area contributed by atoms with Gasteiger partial charge in [0.15, 0.2) is 0 Å². The second-order valence-electron chi connectivity index (χ2n) is 8.14. The van der Waals surface area contributed by atoms with Crippen molar-refractivity contribution in [3.8, 4) is 5.75 Å². The number of aromatic carboxylic acids is 1. The van der Waals surface area contributed by atoms with Gasteiger partial charge in [0.05, 0.1) is 5.56 Å². The van der Waals surface area contributed by atoms with Gasteiger partial charge in [-0.15, -0.1) is 5.10 Å². The summed E-state index contributed by atoms with van der Waals surface area (Å²) >= 11 is 5.99. The minimum atomic E-state index is -4.61. The van der Waals surface area contributed by atoms with Crippen LogP contribution in [0.4, 0.5) is 4.39 Å². The quantitative estimate of drug-likeness (QED) is 0.516. The highest BCUT2D eigenvalue weighted by atomic mass is 35.5. The number of carboxylic acid groups (broad SMARTS) is 1. The number of fused-ring (bicyclic) bond motifs is 1. The van der Waals surface area contributed by atoms with Crippen molar-refractivity contribution in [1.29, 1.82) is 0 Å². The van der Waals surface area contributed by atoms with Gasteiger partial charge in [-0.05, 0) is 42.7 Å². The first-order valence-electron chi connectivity index (χ1n) is 10.5. The number of H-pyrrole nitrogens is 1. The number of aromatic nitrogens is 2. The summed E-state index contributed by atoms with van der Waals surface area (Å²) in [6.45, 7) is 4.60. The van der Waals surface area contributed by atoms with Crippen LogP contribution in [0.5, 0.6) is 5.75 Å². The van der Waals surface area contributed by atoms with Crippen LogP contribution in [0, 0.1) is 19.7 Å². The smallest absolute Gasteiger partial charge is 0.434 e. The summed E-state index contributed by atoms with van der Waals surface area (Å²) in [5.74, 6) is -4.48. The molecule has 2 N–H and O–H groups in total. The highest BCUT2D eigenvalue weighted by molar-refractivity contribution is 7.89. The number of benzene rings is 2. The normalized spacial score (nSPS) is 17.2. The SMILES string of the molecule is Cc1ccc(F)c(C(C)[C@@H](c2n[nH]c(=O)o2)N2CCOc3cc(Cl)cc(C(=O)O)c3S2(=O)=O)c1C. The molecule has 0 aliphatic carbocycles. The van der Waals surface area contributed by atoms with Crippen molar-refractivity contribution in [2.75, 3.05) is 13.2 Å². The van der Waals surface area contributed by atoms with E-state index in [-0.39, 0.29) is 35.4 Å². The van der Waals surface area contributed by atoms with Crippen LogP contribution in [-0.2, 0) is 10.0 Å². The molecule has 0 saturated carbocycles. The number of carbonyl (C=O) groups is 1. The van der Waals surface area contributed by atoms with Crippen molar-refractivity contribution < 1.29 is 31.9 Å². The molecular formula is C22H21ClFN3O7S. The summed E-state index contributed by atoms with van der Waals surface area (Å²) in [6.07, 6.45) is 0. The number of halogens is 2. The Morgan fingerprint density at radius 3 is 2.66 bits per heavy atom. The number of rotatable bonds is 5. The molecule has 0 fully saturated rings. The Morgan fingerprint density at radius 1 is 1.31 bits per heavy atom. The molecule has 0 radical (unpaired) electrons. The molecule has 2 atom stereocenters. The number of hydrogen-bond donors (Lipinski definition) is 2. The second kappa shape index (κ2) is 9.10. The Morgan fingerprint density at radius 2 is 2.03 bits per heavy atom. The van der Waals surface area contributed by atoms with Crippen LogP contribution in [0.3, 0.4) is 0 Å². The standard InChI is InChI=1S/C22H21ClFN3O7S/c1-10-4-5-15(24)17(11(10)2)12(3)18(20-25-26-22(30)34-20)27-6-7-33-16-9-13(23)8-14(21(28)29)19(16)35(27,31)32/h4-5,8-9,12,18H,6-7H2,1-3H3,(H,26,30)(H,28,29)/t12?,18-/m0/s1. The summed E-state index contributed by atoms with van der Waals surface area (Å²) < 4.78 is 54.6. The molecule has 0 spiro atoms. The lowest BCUT2D eigenvalue weighted by Gasteiger charge is -2.32. The van der Waals surface area contributed by atoms with Gasteiger partial charge < -0.3 is 14.3 Å². The molecule has 0 amide bonds. The molecule has 1 unspecified atom stereocenters. The zero-order chi connectivity index (χ0) is 25.7. The lowest BCUT2D eigenvalue weighted by atomic mass is 9.87. The third kappa shape index (κ3) is 4.32. The lowest BCUT2D eigenvalue weighted by Crippen LogP contribution is -2.39. The van der Waals surface area contributed by atoms with Gasteiger partial charge in [-0.3, -0.25) is 0 Å². The van der Waals surface area contributed by atoms with Crippen LogP contribution in [0.15, 0.2) is 38.4 Å². The zero-order valence-corrected chi connectivity index (χ0v) is 20.4. The van der Waals surface area contributed by atoms with Gasteiger partial charge >= 0.3 is 11.7 Å². The first-order chi connectivity index (χ1) is 16.4. The summed E-state index contributed by atoms with van der Waals surface area (Å²) in [6, 6.07) is 3.76. The average Bonchev–Trinajstić information content (AvgIpc) is 3.15. The Bertz CT molecular complexity index is 1480. The molecule has 4 rings (SSSR count). The number of hydrogen-bond acceptors (Lipinski definition) is 7. The maximum Gasteiger partial charge on any atom is 0.434 e. The fourth-order valence-corrected chi connectivity index (χ4v) is 6.47. The van der Waals surface area contributed by atoms with Crippen molar-refractivity contribution in [1.82, 2.24) is 14.5 Å². The fourth-order valence-electron chi connectivity index (χ4n) is 4.35. The minimum absolute atomic E-state index is 0.0227. The summed E-state index contributed by atoms with van der Waals surface area (Å²) in [5, 5.41) is 15.6. The van der Waals surface area contributed by atoms with E-state index in [9.17, 15) is 23.1 Å². The molecule has 3 aromatic rings. The van der Waals surface area contributed by atoms with Gasteiger partial charge in [0.25, 0.3) is 0 Å². The number of aromatic amines is 1. The molecular weight excluding hydrogens is 505 g/mol. The third-order valence-corrected chi connectivity index (χ3v) is 8.25. The predicted octanol–water partition coefficient (Wildman–Crippen LogP) is 3.40. The Kier molecular flexibility index (Phi) is 6.47. The van der Waals surface area contributed by atoms with E-state index in [1.54, 1.807) is 26.8 Å². The van der Waals surface area contributed by atoms with E-state index >= 15 is 4.39 Å². The molecule has 1 aliphatic heterocycles. The minimum Gasteiger partial charge on any atom is -0.491 e. The summed E-state index contributed by atoms with van der Waals surface area (Å²) in [5.41, 5.74) is 0.968. The molecule has 13 heteroatoms. The monoisotopic (exact) mass is 525 g/mol. The molecule has 0 bridgehead atoms. The Hall–Kier alpha value is -3.22. The highest BCUT2D eigenvalue weighted by Crippen LogP contribution is 2.44. The Balaban J connectivity index is 1.97. The van der Waals surface area contributed by atoms with Crippen molar-refractivity contribution >= 4 is 27.6 Å². The first kappa shape index (κ1) is 24.9. The van der Waals surface area contributed by atoms with Crippen LogP contribution >= 0.6 is 11.6 Å². The third-order valence-electron chi connectivity index (χ3n) is 6.07. The van der Waals surface area contributed by atoms with Gasteiger partial charge in [-0.1, -0.05) is 24.6 Å². The molecule has 10 nitrogen and oxygen atoms in total. The highest BCUT2D eigenvalue weighted by Gasteiger charge is 2.44. The van der Waals surface area contributed by atoms with E-state index in [2.05, 4.69) is 10.2 Å². The molecule has 35 heavy (non-hydrogen) atoms. The van der Waals surface area contributed by atoms with E-state index in [1.807, 2.05) is 0 Å². The maximum atomic E-state index is 15.0. The second-order valence-corrected chi connectivity index (χ2v) is 10.4. The number of sulfonamides is 1. The zero-order valence-electron chi connectivity index (χ0n) is 18.8. The van der Waals surface area contributed by atoms with Gasteiger partial charge in [-0.25, -0.2) is 27.5 Å². The number of nitrogens with zero attached hydrogens (tertiary/aromatic N) is 2. The van der Waals surface area contributed by atoms with Gasteiger partial charge in [-0.2, -0.15) is 4.31 Å².